The molecule has 2 aliphatic heterocycles. The van der Waals surface area contributed by atoms with Crippen molar-refractivity contribution in [3.63, 3.8) is 0 Å². The number of nitrogens with one attached hydrogen (secondary N) is 2. The number of likely N-dealkylation sites (tertiary alicyclic amines) is 1. The Morgan fingerprint density at radius 1 is 0.814 bits per heavy atom. The molecule has 0 bridgehead atoms. The van der Waals surface area contributed by atoms with Crippen molar-refractivity contribution in [2.45, 2.75) is 76.8 Å². The van der Waals surface area contributed by atoms with Crippen LogP contribution in [0.25, 0.3) is 22.2 Å². The minimum Gasteiger partial charge on any atom is -0.493 e. The van der Waals surface area contributed by atoms with E-state index in [-0.39, 0.29) is 0 Å². The molecule has 3 fully saturated rings. The van der Waals surface area contributed by atoms with Crippen LogP contribution in [0.2, 0.25) is 0 Å². The molecule has 0 spiro atoms. The molecular weight excluding hydrogens is 534 g/mol. The highest BCUT2D eigenvalue weighted by Crippen LogP contribution is 2.40. The second kappa shape index (κ2) is 13.9. The number of aromatic nitrogens is 1. The van der Waals surface area contributed by atoms with E-state index in [0.717, 1.165) is 28.8 Å². The van der Waals surface area contributed by atoms with Gasteiger partial charge in [-0.2, -0.15) is 0 Å². The first-order valence-electron chi connectivity index (χ1n) is 16.9. The van der Waals surface area contributed by atoms with Crippen LogP contribution in [0.15, 0.2) is 36.4 Å². The molecule has 234 valence electrons. The van der Waals surface area contributed by atoms with Gasteiger partial charge in [-0.15, -0.1) is 0 Å². The number of piperazine rings is 1. The predicted molar refractivity (Wildman–Crippen MR) is 179 cm³/mol. The molecule has 7 heteroatoms. The fourth-order valence-corrected chi connectivity index (χ4v) is 7.82. The van der Waals surface area contributed by atoms with E-state index >= 15 is 0 Å². The molecule has 2 saturated heterocycles. The molecular formula is C36H53N5O2. The van der Waals surface area contributed by atoms with Gasteiger partial charge in [0.1, 0.15) is 0 Å². The molecule has 0 unspecified atom stereocenters. The highest BCUT2D eigenvalue weighted by molar-refractivity contribution is 5.93. The molecule has 3 aliphatic rings. The summed E-state index contributed by atoms with van der Waals surface area (Å²) in [6.07, 6.45) is 9.25. The number of hydrogen-bond acceptors (Lipinski definition) is 6. The Bertz CT molecular complexity index is 1330. The lowest BCUT2D eigenvalue weighted by Gasteiger charge is -2.42. The highest BCUT2D eigenvalue weighted by Gasteiger charge is 2.28. The summed E-state index contributed by atoms with van der Waals surface area (Å²) < 4.78 is 11.1. The van der Waals surface area contributed by atoms with Gasteiger partial charge in [0, 0.05) is 60.4 Å². The Balaban J connectivity index is 1.03. The summed E-state index contributed by atoms with van der Waals surface area (Å²) in [6.45, 7) is 14.8. The number of aromatic amines is 1. The lowest BCUT2D eigenvalue weighted by Crippen LogP contribution is -2.51. The van der Waals surface area contributed by atoms with Crippen molar-refractivity contribution >= 4 is 16.6 Å². The topological polar surface area (TPSA) is 56.0 Å². The summed E-state index contributed by atoms with van der Waals surface area (Å²) in [6, 6.07) is 14.3. The second-order valence-corrected chi connectivity index (χ2v) is 13.3. The molecule has 0 atom stereocenters. The number of anilines is 1. The average molecular weight is 588 g/mol. The highest BCUT2D eigenvalue weighted by atomic mass is 16.5. The van der Waals surface area contributed by atoms with Gasteiger partial charge >= 0.3 is 0 Å². The standard InChI is InChI=1S/C36H53N5O2/c1-26(2)35-31-25-29(11-14-32(31)38-36(35)27-8-15-33(42-3)34(24-27)43-4)37-28-9-12-30(13-10-28)41-22-20-40(21-23-41)19-7-18-39-16-5-6-17-39/h8,11,14-15,24-26,28,30,37-38H,5-7,9-10,12-13,16-23H2,1-4H3. The van der Waals surface area contributed by atoms with Gasteiger partial charge in [-0.05, 0) is 119 Å². The average Bonchev–Trinajstić information content (AvgIpc) is 3.69. The van der Waals surface area contributed by atoms with Crippen LogP contribution in [0.1, 0.15) is 70.3 Å². The van der Waals surface area contributed by atoms with Crippen LogP contribution >= 0.6 is 0 Å². The van der Waals surface area contributed by atoms with E-state index in [1.807, 2.05) is 6.07 Å². The summed E-state index contributed by atoms with van der Waals surface area (Å²) in [5, 5.41) is 5.22. The van der Waals surface area contributed by atoms with Gasteiger partial charge in [0.15, 0.2) is 11.5 Å². The van der Waals surface area contributed by atoms with E-state index < -0.39 is 0 Å². The van der Waals surface area contributed by atoms with Gasteiger partial charge in [0.25, 0.3) is 0 Å². The van der Waals surface area contributed by atoms with E-state index in [0.29, 0.717) is 12.0 Å². The van der Waals surface area contributed by atoms with Gasteiger partial charge in [-0.3, -0.25) is 4.90 Å². The minimum atomic E-state index is 0.382. The molecule has 1 aliphatic carbocycles. The van der Waals surface area contributed by atoms with Crippen LogP contribution in [0, 0.1) is 0 Å². The maximum absolute atomic E-state index is 5.60. The third kappa shape index (κ3) is 7.00. The Kier molecular flexibility index (Phi) is 9.80. The SMILES string of the molecule is COc1ccc(-c2[nH]c3ccc(NC4CCC(N5CCN(CCCN6CCCC6)CC5)CC4)cc3c2C(C)C)cc1OC. The molecule has 0 amide bonds. The van der Waals surface area contributed by atoms with Crippen molar-refractivity contribution in [3.05, 3.63) is 42.0 Å². The fraction of sp³-hybridized carbons (Fsp3) is 0.611. The Morgan fingerprint density at radius 2 is 1.51 bits per heavy atom. The molecule has 0 radical (unpaired) electrons. The van der Waals surface area contributed by atoms with Crippen molar-refractivity contribution in [2.75, 3.05) is 71.9 Å². The molecule has 2 aromatic carbocycles. The lowest BCUT2D eigenvalue weighted by molar-refractivity contribution is 0.0756. The summed E-state index contributed by atoms with van der Waals surface area (Å²) >= 11 is 0. The molecule has 2 N–H and O–H groups in total. The van der Waals surface area contributed by atoms with Gasteiger partial charge in [0.05, 0.1) is 19.9 Å². The van der Waals surface area contributed by atoms with Gasteiger partial charge in [0.2, 0.25) is 0 Å². The van der Waals surface area contributed by atoms with E-state index in [9.17, 15) is 0 Å². The first kappa shape index (κ1) is 30.3. The number of H-pyrrole nitrogens is 1. The smallest absolute Gasteiger partial charge is 0.161 e. The van der Waals surface area contributed by atoms with Gasteiger partial charge in [-0.1, -0.05) is 13.8 Å². The number of benzene rings is 2. The van der Waals surface area contributed by atoms with Crippen LogP contribution in [-0.4, -0.2) is 98.3 Å². The van der Waals surface area contributed by atoms with Crippen molar-refractivity contribution in [2.24, 2.45) is 0 Å². The molecule has 3 heterocycles. The van der Waals surface area contributed by atoms with Gasteiger partial charge in [-0.25, -0.2) is 0 Å². The van der Waals surface area contributed by atoms with E-state index in [4.69, 9.17) is 9.47 Å². The molecule has 6 rings (SSSR count). The van der Waals surface area contributed by atoms with Crippen molar-refractivity contribution in [1.82, 2.24) is 19.7 Å². The third-order valence-electron chi connectivity index (χ3n) is 10.2. The van der Waals surface area contributed by atoms with Crippen LogP contribution < -0.4 is 14.8 Å². The van der Waals surface area contributed by atoms with Crippen molar-refractivity contribution in [1.29, 1.82) is 0 Å². The molecule has 43 heavy (non-hydrogen) atoms. The quantitative estimate of drug-likeness (QED) is 0.257. The first-order valence-corrected chi connectivity index (χ1v) is 16.9. The summed E-state index contributed by atoms with van der Waals surface area (Å²) in [4.78, 5) is 11.9. The molecule has 3 aromatic rings. The molecule has 7 nitrogen and oxygen atoms in total. The minimum absolute atomic E-state index is 0.382. The van der Waals surface area contributed by atoms with Crippen LogP contribution in [0.4, 0.5) is 5.69 Å². The zero-order chi connectivity index (χ0) is 29.8. The normalized spacial score (nSPS) is 22.4. The fourth-order valence-electron chi connectivity index (χ4n) is 7.82. The monoisotopic (exact) mass is 587 g/mol. The van der Waals surface area contributed by atoms with Crippen molar-refractivity contribution < 1.29 is 9.47 Å². The number of rotatable bonds is 11. The third-order valence-corrected chi connectivity index (χ3v) is 10.2. The summed E-state index contributed by atoms with van der Waals surface area (Å²) in [7, 11) is 3.37. The second-order valence-electron chi connectivity index (χ2n) is 13.3. The van der Waals surface area contributed by atoms with Gasteiger partial charge < -0.3 is 29.6 Å². The van der Waals surface area contributed by atoms with Crippen molar-refractivity contribution in [3.8, 4) is 22.8 Å². The maximum atomic E-state index is 5.60. The number of fused-ring (bicyclic) bond motifs is 1. The van der Waals surface area contributed by atoms with E-state index in [2.05, 4.69) is 69.2 Å². The van der Waals surface area contributed by atoms with E-state index in [1.165, 1.54) is 119 Å². The predicted octanol–water partition coefficient (Wildman–Crippen LogP) is 6.80. The maximum Gasteiger partial charge on any atom is 0.161 e. The number of methoxy groups -OCH3 is 2. The zero-order valence-corrected chi connectivity index (χ0v) is 27.0. The summed E-state index contributed by atoms with van der Waals surface area (Å²) in [5.41, 5.74) is 6.05. The van der Waals surface area contributed by atoms with Crippen LogP contribution in [0.3, 0.4) is 0 Å². The Morgan fingerprint density at radius 3 is 2.19 bits per heavy atom. The lowest BCUT2D eigenvalue weighted by atomic mass is 9.89. The Hall–Kier alpha value is -2.74. The molecule has 1 aromatic heterocycles. The number of ether oxygens (including phenoxy) is 2. The van der Waals surface area contributed by atoms with Crippen LogP contribution in [-0.2, 0) is 0 Å². The van der Waals surface area contributed by atoms with E-state index in [1.54, 1.807) is 14.2 Å². The Labute approximate surface area is 258 Å². The first-order chi connectivity index (χ1) is 21.0. The summed E-state index contributed by atoms with van der Waals surface area (Å²) in [5.74, 6) is 1.88. The largest absolute Gasteiger partial charge is 0.493 e. The number of hydrogen-bond donors (Lipinski definition) is 2. The van der Waals surface area contributed by atoms with Crippen LogP contribution in [0.5, 0.6) is 11.5 Å². The number of nitrogens with zero attached hydrogens (tertiary/aromatic N) is 3. The molecule has 1 saturated carbocycles. The zero-order valence-electron chi connectivity index (χ0n) is 27.0.